The molecule has 0 saturated carbocycles. The van der Waals surface area contributed by atoms with Crippen LogP contribution in [-0.4, -0.2) is 5.78 Å². The summed E-state index contributed by atoms with van der Waals surface area (Å²) >= 11 is 5.94. The van der Waals surface area contributed by atoms with E-state index < -0.39 is 0 Å². The molecule has 3 rings (SSSR count). The first-order valence-corrected chi connectivity index (χ1v) is 9.05. The quantitative estimate of drug-likeness (QED) is 0.460. The maximum atomic E-state index is 12.8. The highest BCUT2D eigenvalue weighted by Gasteiger charge is 2.16. The third-order valence-electron chi connectivity index (χ3n) is 4.36. The minimum absolute atomic E-state index is 0.0797. The third kappa shape index (κ3) is 4.74. The Labute approximate surface area is 159 Å². The second-order valence-corrected chi connectivity index (χ2v) is 6.79. The lowest BCUT2D eigenvalue weighted by atomic mass is 9.93. The summed E-state index contributed by atoms with van der Waals surface area (Å²) in [6.45, 7) is 2.49. The minimum Gasteiger partial charge on any atom is -0.488 e. The van der Waals surface area contributed by atoms with Crippen molar-refractivity contribution in [1.29, 1.82) is 0 Å². The van der Waals surface area contributed by atoms with Crippen molar-refractivity contribution < 1.29 is 9.53 Å². The number of hydrogen-bond donors (Lipinski definition) is 0. The molecule has 3 heteroatoms. The van der Waals surface area contributed by atoms with Gasteiger partial charge >= 0.3 is 0 Å². The second kappa shape index (κ2) is 8.68. The highest BCUT2D eigenvalue weighted by Crippen LogP contribution is 2.26. The van der Waals surface area contributed by atoms with E-state index in [1.807, 2.05) is 78.9 Å². The number of Topliss-reactive ketones (excluding diaryl/α,β-unsaturated/α-hetero) is 1. The predicted octanol–water partition coefficient (Wildman–Crippen LogP) is 6.30. The van der Waals surface area contributed by atoms with Gasteiger partial charge in [0.1, 0.15) is 12.4 Å². The van der Waals surface area contributed by atoms with Gasteiger partial charge in [-0.15, -0.1) is 0 Å². The zero-order valence-corrected chi connectivity index (χ0v) is 15.4. The van der Waals surface area contributed by atoms with Crippen molar-refractivity contribution >= 4 is 17.4 Å². The fraction of sp³-hybridized carbons (Fsp3) is 0.174. The number of hydrogen-bond acceptors (Lipinski definition) is 2. The third-order valence-corrected chi connectivity index (χ3v) is 4.61. The van der Waals surface area contributed by atoms with Crippen molar-refractivity contribution in [1.82, 2.24) is 0 Å². The van der Waals surface area contributed by atoms with Crippen LogP contribution in [0.4, 0.5) is 0 Å². The monoisotopic (exact) mass is 364 g/mol. The van der Waals surface area contributed by atoms with Crippen LogP contribution >= 0.6 is 11.6 Å². The summed E-state index contributed by atoms with van der Waals surface area (Å²) in [4.78, 5) is 12.8. The molecule has 0 aliphatic carbocycles. The number of benzene rings is 3. The van der Waals surface area contributed by atoms with Crippen molar-refractivity contribution in [3.8, 4) is 5.75 Å². The Morgan fingerprint density at radius 1 is 0.923 bits per heavy atom. The van der Waals surface area contributed by atoms with Gasteiger partial charge in [-0.1, -0.05) is 73.1 Å². The van der Waals surface area contributed by atoms with Crippen LogP contribution < -0.4 is 4.74 Å². The van der Waals surface area contributed by atoms with Gasteiger partial charge in [-0.2, -0.15) is 0 Å². The molecule has 0 N–H and O–H groups in total. The Balaban J connectivity index is 1.70. The van der Waals surface area contributed by atoms with Crippen molar-refractivity contribution in [2.45, 2.75) is 25.9 Å². The summed E-state index contributed by atoms with van der Waals surface area (Å²) in [5, 5.41) is 0.701. The second-order valence-electron chi connectivity index (χ2n) is 6.35. The number of ether oxygens (including phenoxy) is 1. The van der Waals surface area contributed by atoms with E-state index >= 15 is 0 Å². The van der Waals surface area contributed by atoms with Gasteiger partial charge in [0.2, 0.25) is 0 Å². The van der Waals surface area contributed by atoms with Crippen LogP contribution in [0, 0.1) is 0 Å². The van der Waals surface area contributed by atoms with Gasteiger partial charge in [-0.25, -0.2) is 0 Å². The van der Waals surface area contributed by atoms with Crippen molar-refractivity contribution in [2.75, 3.05) is 0 Å². The average Bonchev–Trinajstić information content (AvgIpc) is 2.68. The van der Waals surface area contributed by atoms with Gasteiger partial charge in [0.25, 0.3) is 0 Å². The number of carbonyl (C=O) groups excluding carboxylic acids is 1. The van der Waals surface area contributed by atoms with Crippen LogP contribution in [0.15, 0.2) is 78.9 Å². The average molecular weight is 365 g/mol. The number of para-hydroxylation sites is 1. The molecule has 0 radical (unpaired) electrons. The first-order chi connectivity index (χ1) is 12.6. The lowest BCUT2D eigenvalue weighted by Crippen LogP contribution is -2.08. The number of halogens is 1. The van der Waals surface area contributed by atoms with Gasteiger partial charge in [-0.05, 0) is 41.3 Å². The summed E-state index contributed by atoms with van der Waals surface area (Å²) in [5.74, 6) is 0.822. The maximum absolute atomic E-state index is 12.8. The zero-order chi connectivity index (χ0) is 18.4. The number of ketones is 1. The standard InChI is InChI=1S/C23H21ClO2/c1-17(19-11-13-20(24)14-12-19)15-22(25)21-9-5-6-10-23(21)26-16-18-7-3-2-4-8-18/h2-14,17H,15-16H2,1H3. The van der Waals surface area contributed by atoms with Crippen molar-refractivity contribution in [3.05, 3.63) is 101 Å². The van der Waals surface area contributed by atoms with Gasteiger partial charge in [0.15, 0.2) is 5.78 Å². The van der Waals surface area contributed by atoms with Crippen molar-refractivity contribution in [2.24, 2.45) is 0 Å². The molecule has 0 heterocycles. The molecule has 132 valence electrons. The molecule has 0 saturated heterocycles. The van der Waals surface area contributed by atoms with Crippen LogP contribution in [0.1, 0.15) is 40.7 Å². The SMILES string of the molecule is CC(CC(=O)c1ccccc1OCc1ccccc1)c1ccc(Cl)cc1. The molecule has 0 bridgehead atoms. The fourth-order valence-electron chi connectivity index (χ4n) is 2.86. The van der Waals surface area contributed by atoms with E-state index in [4.69, 9.17) is 16.3 Å². The molecule has 2 nitrogen and oxygen atoms in total. The first-order valence-electron chi connectivity index (χ1n) is 8.68. The van der Waals surface area contributed by atoms with E-state index in [-0.39, 0.29) is 11.7 Å². The zero-order valence-electron chi connectivity index (χ0n) is 14.7. The molecule has 3 aromatic rings. The van der Waals surface area contributed by atoms with Gasteiger partial charge in [0, 0.05) is 11.4 Å². The predicted molar refractivity (Wildman–Crippen MR) is 106 cm³/mol. The lowest BCUT2D eigenvalue weighted by Gasteiger charge is -2.14. The van der Waals surface area contributed by atoms with Gasteiger partial charge in [-0.3, -0.25) is 4.79 Å². The minimum atomic E-state index is 0.0797. The summed E-state index contributed by atoms with van der Waals surface area (Å²) in [6.07, 6.45) is 0.424. The molecule has 0 aliphatic heterocycles. The van der Waals surface area contributed by atoms with Crippen LogP contribution in [0.5, 0.6) is 5.75 Å². The fourth-order valence-corrected chi connectivity index (χ4v) is 2.98. The van der Waals surface area contributed by atoms with Gasteiger partial charge in [0.05, 0.1) is 5.56 Å². The van der Waals surface area contributed by atoms with Crippen LogP contribution in [-0.2, 0) is 6.61 Å². The maximum Gasteiger partial charge on any atom is 0.167 e. The molecule has 0 fully saturated rings. The number of carbonyl (C=O) groups is 1. The first kappa shape index (κ1) is 18.2. The molecule has 3 aromatic carbocycles. The normalized spacial score (nSPS) is 11.8. The van der Waals surface area contributed by atoms with E-state index in [0.29, 0.717) is 29.4 Å². The molecule has 1 unspecified atom stereocenters. The molecule has 0 spiro atoms. The Kier molecular flexibility index (Phi) is 6.08. The van der Waals surface area contributed by atoms with E-state index in [1.165, 1.54) is 0 Å². The van der Waals surface area contributed by atoms with E-state index in [0.717, 1.165) is 11.1 Å². The smallest absolute Gasteiger partial charge is 0.167 e. The summed E-state index contributed by atoms with van der Waals surface area (Å²) < 4.78 is 5.91. The lowest BCUT2D eigenvalue weighted by molar-refractivity contribution is 0.0971. The summed E-state index contributed by atoms with van der Waals surface area (Å²) in [6, 6.07) is 25.0. The Bertz CT molecular complexity index is 857. The molecule has 0 aromatic heterocycles. The summed E-state index contributed by atoms with van der Waals surface area (Å²) in [5.41, 5.74) is 2.80. The van der Waals surface area contributed by atoms with Crippen LogP contribution in [0.3, 0.4) is 0 Å². The largest absolute Gasteiger partial charge is 0.488 e. The van der Waals surface area contributed by atoms with Crippen molar-refractivity contribution in [3.63, 3.8) is 0 Å². The van der Waals surface area contributed by atoms with Crippen LogP contribution in [0.25, 0.3) is 0 Å². The number of rotatable bonds is 7. The topological polar surface area (TPSA) is 26.3 Å². The molecule has 26 heavy (non-hydrogen) atoms. The Morgan fingerprint density at radius 2 is 1.58 bits per heavy atom. The van der Waals surface area contributed by atoms with E-state index in [1.54, 1.807) is 0 Å². The molecular weight excluding hydrogens is 344 g/mol. The molecule has 0 aliphatic rings. The van der Waals surface area contributed by atoms with Gasteiger partial charge < -0.3 is 4.74 Å². The molecule has 0 amide bonds. The molecule has 1 atom stereocenters. The highest BCUT2D eigenvalue weighted by molar-refractivity contribution is 6.30. The van der Waals surface area contributed by atoms with E-state index in [9.17, 15) is 4.79 Å². The molecular formula is C23H21ClO2. The highest BCUT2D eigenvalue weighted by atomic mass is 35.5. The Morgan fingerprint density at radius 3 is 2.31 bits per heavy atom. The Hall–Kier alpha value is -2.58. The van der Waals surface area contributed by atoms with Crippen LogP contribution in [0.2, 0.25) is 5.02 Å². The van der Waals surface area contributed by atoms with E-state index in [2.05, 4.69) is 6.92 Å². The summed E-state index contributed by atoms with van der Waals surface area (Å²) in [7, 11) is 0.